The van der Waals surface area contributed by atoms with Crippen molar-refractivity contribution in [2.24, 2.45) is 0 Å². The minimum Gasteiger partial charge on any atom is -0.251 e. The third kappa shape index (κ3) is 4.00. The molecule has 1 heterocycles. The number of pyridine rings is 1. The van der Waals surface area contributed by atoms with Crippen molar-refractivity contribution in [2.45, 2.75) is 11.1 Å². The Hall–Kier alpha value is -2.74. The van der Waals surface area contributed by atoms with E-state index in [0.29, 0.717) is 5.56 Å². The van der Waals surface area contributed by atoms with E-state index in [1.807, 2.05) is 0 Å². The monoisotopic (exact) mass is 395 g/mol. The van der Waals surface area contributed by atoms with Gasteiger partial charge in [0.15, 0.2) is 15.5 Å². The molecule has 0 aliphatic rings. The minimum absolute atomic E-state index is 0.0553. The Morgan fingerprint density at radius 1 is 0.852 bits per heavy atom. The van der Waals surface area contributed by atoms with Gasteiger partial charge in [-0.1, -0.05) is 24.3 Å². The SMILES string of the molecule is CS(=O)(=O)c1ccc(-c2ccnc(C(F)(F)F)c2-c2ccc(F)cc2)cc1. The number of aromatic nitrogens is 1. The van der Waals surface area contributed by atoms with Crippen LogP contribution >= 0.6 is 0 Å². The van der Waals surface area contributed by atoms with E-state index in [4.69, 9.17) is 0 Å². The fourth-order valence-corrected chi connectivity index (χ4v) is 3.34. The average molecular weight is 395 g/mol. The van der Waals surface area contributed by atoms with Gasteiger partial charge >= 0.3 is 6.18 Å². The number of benzene rings is 2. The van der Waals surface area contributed by atoms with Crippen LogP contribution < -0.4 is 0 Å². The van der Waals surface area contributed by atoms with Crippen molar-refractivity contribution in [1.82, 2.24) is 4.98 Å². The Kier molecular flexibility index (Phi) is 4.77. The maximum atomic E-state index is 13.5. The summed E-state index contributed by atoms with van der Waals surface area (Å²) in [4.78, 5) is 3.53. The molecule has 0 saturated carbocycles. The van der Waals surface area contributed by atoms with Gasteiger partial charge in [0.05, 0.1) is 4.90 Å². The topological polar surface area (TPSA) is 47.0 Å². The van der Waals surface area contributed by atoms with Crippen molar-refractivity contribution in [3.63, 3.8) is 0 Å². The summed E-state index contributed by atoms with van der Waals surface area (Å²) in [7, 11) is -3.43. The molecule has 0 aliphatic carbocycles. The molecule has 27 heavy (non-hydrogen) atoms. The van der Waals surface area contributed by atoms with Crippen LogP contribution in [0.2, 0.25) is 0 Å². The van der Waals surface area contributed by atoms with Gasteiger partial charge in [0.2, 0.25) is 0 Å². The molecule has 0 saturated heterocycles. The summed E-state index contributed by atoms with van der Waals surface area (Å²) >= 11 is 0. The summed E-state index contributed by atoms with van der Waals surface area (Å²) in [6.07, 6.45) is -2.64. The normalized spacial score (nSPS) is 12.2. The number of hydrogen-bond acceptors (Lipinski definition) is 3. The smallest absolute Gasteiger partial charge is 0.251 e. The molecule has 8 heteroatoms. The van der Waals surface area contributed by atoms with E-state index in [-0.39, 0.29) is 21.6 Å². The van der Waals surface area contributed by atoms with Gasteiger partial charge in [0, 0.05) is 18.0 Å². The summed E-state index contributed by atoms with van der Waals surface area (Å²) in [6, 6.07) is 11.5. The molecular formula is C19H13F4NO2S. The molecule has 3 nitrogen and oxygen atoms in total. The molecule has 1 aromatic heterocycles. The van der Waals surface area contributed by atoms with Gasteiger partial charge in [-0.2, -0.15) is 13.2 Å². The van der Waals surface area contributed by atoms with Crippen LogP contribution in [0.3, 0.4) is 0 Å². The van der Waals surface area contributed by atoms with Crippen LogP contribution in [0.5, 0.6) is 0 Å². The van der Waals surface area contributed by atoms with Gasteiger partial charge in [-0.3, -0.25) is 4.98 Å². The van der Waals surface area contributed by atoms with E-state index < -0.39 is 27.5 Å². The maximum absolute atomic E-state index is 13.5. The first-order valence-electron chi connectivity index (χ1n) is 7.70. The van der Waals surface area contributed by atoms with Crippen LogP contribution in [0.15, 0.2) is 65.7 Å². The predicted octanol–water partition coefficient (Wildman–Crippen LogP) is 4.98. The summed E-state index contributed by atoms with van der Waals surface area (Å²) in [5, 5.41) is 0. The molecule has 140 valence electrons. The number of halogens is 4. The third-order valence-electron chi connectivity index (χ3n) is 3.95. The molecule has 0 fully saturated rings. The van der Waals surface area contributed by atoms with Crippen molar-refractivity contribution < 1.29 is 26.0 Å². The van der Waals surface area contributed by atoms with Crippen molar-refractivity contribution in [3.05, 3.63) is 72.3 Å². The first-order valence-corrected chi connectivity index (χ1v) is 9.59. The molecule has 0 radical (unpaired) electrons. The van der Waals surface area contributed by atoms with E-state index in [0.717, 1.165) is 24.6 Å². The highest BCUT2D eigenvalue weighted by Gasteiger charge is 2.36. The van der Waals surface area contributed by atoms with Crippen LogP contribution in [-0.2, 0) is 16.0 Å². The zero-order valence-electron chi connectivity index (χ0n) is 14.0. The Bertz CT molecular complexity index is 1070. The molecule has 0 amide bonds. The van der Waals surface area contributed by atoms with Crippen LogP contribution in [0.25, 0.3) is 22.3 Å². The van der Waals surface area contributed by atoms with E-state index in [1.54, 1.807) is 0 Å². The lowest BCUT2D eigenvalue weighted by Gasteiger charge is -2.16. The first kappa shape index (κ1) is 19.0. The third-order valence-corrected chi connectivity index (χ3v) is 5.07. The van der Waals surface area contributed by atoms with E-state index >= 15 is 0 Å². The lowest BCUT2D eigenvalue weighted by Crippen LogP contribution is -2.11. The highest BCUT2D eigenvalue weighted by molar-refractivity contribution is 7.90. The standard InChI is InChI=1S/C19H13F4NO2S/c1-27(25,26)15-8-4-12(5-9-15)16-10-11-24-18(19(21,22)23)17(16)13-2-6-14(20)7-3-13/h2-11H,1H3. The maximum Gasteiger partial charge on any atom is 0.433 e. The minimum atomic E-state index is -4.72. The van der Waals surface area contributed by atoms with Gasteiger partial charge in [0.1, 0.15) is 5.82 Å². The zero-order chi connectivity index (χ0) is 19.8. The van der Waals surface area contributed by atoms with Crippen LogP contribution in [0.4, 0.5) is 17.6 Å². The average Bonchev–Trinajstić information content (AvgIpc) is 2.60. The molecule has 0 spiro atoms. The fourth-order valence-electron chi connectivity index (χ4n) is 2.71. The second-order valence-corrected chi connectivity index (χ2v) is 7.90. The Morgan fingerprint density at radius 3 is 1.93 bits per heavy atom. The van der Waals surface area contributed by atoms with Gasteiger partial charge < -0.3 is 0 Å². The van der Waals surface area contributed by atoms with Gasteiger partial charge in [-0.15, -0.1) is 0 Å². The van der Waals surface area contributed by atoms with E-state index in [1.165, 1.54) is 42.5 Å². The van der Waals surface area contributed by atoms with E-state index in [9.17, 15) is 26.0 Å². The first-order chi connectivity index (χ1) is 12.6. The second-order valence-electron chi connectivity index (χ2n) is 5.88. The van der Waals surface area contributed by atoms with E-state index in [2.05, 4.69) is 4.98 Å². The van der Waals surface area contributed by atoms with Crippen molar-refractivity contribution in [3.8, 4) is 22.3 Å². The molecule has 3 aromatic rings. The second kappa shape index (κ2) is 6.77. The quantitative estimate of drug-likeness (QED) is 0.588. The van der Waals surface area contributed by atoms with Crippen molar-refractivity contribution >= 4 is 9.84 Å². The lowest BCUT2D eigenvalue weighted by molar-refractivity contribution is -0.140. The van der Waals surface area contributed by atoms with Crippen molar-refractivity contribution in [1.29, 1.82) is 0 Å². The van der Waals surface area contributed by atoms with Crippen molar-refractivity contribution in [2.75, 3.05) is 6.26 Å². The number of alkyl halides is 3. The summed E-state index contributed by atoms with van der Waals surface area (Å²) in [5.74, 6) is -0.574. The fraction of sp³-hybridized carbons (Fsp3) is 0.105. The molecule has 0 N–H and O–H groups in total. The highest BCUT2D eigenvalue weighted by atomic mass is 32.2. The molecule has 0 aliphatic heterocycles. The van der Waals surface area contributed by atoms with Crippen LogP contribution in [0.1, 0.15) is 5.69 Å². The van der Waals surface area contributed by atoms with Crippen LogP contribution in [-0.4, -0.2) is 19.7 Å². The number of nitrogens with zero attached hydrogens (tertiary/aromatic N) is 1. The molecule has 0 unspecified atom stereocenters. The van der Waals surface area contributed by atoms with Gasteiger partial charge in [-0.05, 0) is 47.0 Å². The predicted molar refractivity (Wildman–Crippen MR) is 93.2 cm³/mol. The molecule has 3 rings (SSSR count). The number of hydrogen-bond donors (Lipinski definition) is 0. The van der Waals surface area contributed by atoms with Crippen LogP contribution in [0, 0.1) is 5.82 Å². The molecule has 2 aromatic carbocycles. The Labute approximate surface area is 153 Å². The van der Waals surface area contributed by atoms with Gasteiger partial charge in [-0.25, -0.2) is 12.8 Å². The lowest BCUT2D eigenvalue weighted by atomic mass is 9.93. The number of rotatable bonds is 3. The zero-order valence-corrected chi connectivity index (χ0v) is 14.8. The number of sulfone groups is 1. The molecule has 0 atom stereocenters. The van der Waals surface area contributed by atoms with Gasteiger partial charge in [0.25, 0.3) is 0 Å². The molecule has 0 bridgehead atoms. The summed E-state index contributed by atoms with van der Waals surface area (Å²) in [5.41, 5.74) is -0.548. The Balaban J connectivity index is 2.25. The highest BCUT2D eigenvalue weighted by Crippen LogP contribution is 2.41. The summed E-state index contributed by atoms with van der Waals surface area (Å²) in [6.45, 7) is 0. The molecular weight excluding hydrogens is 382 g/mol. The summed E-state index contributed by atoms with van der Waals surface area (Å²) < 4.78 is 76.9. The largest absolute Gasteiger partial charge is 0.433 e. The Morgan fingerprint density at radius 2 is 1.41 bits per heavy atom.